The first-order chi connectivity index (χ1) is 18.9. The van der Waals surface area contributed by atoms with Gasteiger partial charge in [0, 0.05) is 41.0 Å². The first-order valence-corrected chi connectivity index (χ1v) is 15.2. The minimum absolute atomic E-state index is 0.0494. The van der Waals surface area contributed by atoms with E-state index in [1.807, 2.05) is 11.8 Å². The number of amides is 3. The van der Waals surface area contributed by atoms with Crippen molar-refractivity contribution in [2.75, 3.05) is 65.1 Å². The van der Waals surface area contributed by atoms with Crippen LogP contribution in [-0.2, 0) is 19.0 Å². The van der Waals surface area contributed by atoms with Crippen molar-refractivity contribution in [3.8, 4) is 0 Å². The van der Waals surface area contributed by atoms with Crippen LogP contribution in [-0.4, -0.2) is 104 Å². The van der Waals surface area contributed by atoms with Gasteiger partial charge in [0.1, 0.15) is 0 Å². The lowest BCUT2D eigenvalue weighted by Gasteiger charge is -2.29. The quantitative estimate of drug-likeness (QED) is 0.0489. The topological polar surface area (TPSA) is 173 Å². The maximum Gasteiger partial charge on any atom is 0.315 e. The van der Waals surface area contributed by atoms with Gasteiger partial charge < -0.3 is 46.0 Å². The molecule has 40 heavy (non-hydrogen) atoms. The van der Waals surface area contributed by atoms with E-state index in [1.54, 1.807) is 0 Å². The Morgan fingerprint density at radius 1 is 1.10 bits per heavy atom. The van der Waals surface area contributed by atoms with Crippen LogP contribution in [0, 0.1) is 10.8 Å². The number of thioether (sulfide) groups is 1. The van der Waals surface area contributed by atoms with Crippen molar-refractivity contribution in [3.63, 3.8) is 0 Å². The summed E-state index contributed by atoms with van der Waals surface area (Å²) in [6.45, 7) is 12.1. The molecule has 0 saturated carbocycles. The number of aliphatic hydroxyl groups excluding tert-OH is 1. The molecule has 0 spiro atoms. The molecule has 2 aliphatic rings. The second-order valence-electron chi connectivity index (χ2n) is 12.2. The monoisotopic (exact) mass is 588 g/mol. The highest BCUT2D eigenvalue weighted by atomic mass is 32.2. The predicted octanol–water partition coefficient (Wildman–Crippen LogP) is 0.899. The molecule has 0 aromatic heterocycles. The predicted molar refractivity (Wildman–Crippen MR) is 157 cm³/mol. The fourth-order valence-corrected chi connectivity index (χ4v) is 6.04. The molecule has 0 aliphatic carbocycles. The second-order valence-corrected chi connectivity index (χ2v) is 13.5. The standard InChI is InChI=1S/C27H52N6O6S/c1-26(2,18-39-19-27(3,4)17-38-12-10-33(29)13-20(28)14-34)16-37-11-9-30-23(35)8-6-5-7-22-24-21(15-40-22)31-25(36)32-24/h13,21-22,24,34H,5-12,14-19,28-29H2,1-4H3,(H,30,35)(H2,31,32,36)/b20-13-/t21-,22?,24-/m0/s1. The Morgan fingerprint density at radius 2 is 1.75 bits per heavy atom. The molecule has 2 saturated heterocycles. The number of hydrazine groups is 1. The highest BCUT2D eigenvalue weighted by molar-refractivity contribution is 8.00. The van der Waals surface area contributed by atoms with E-state index in [2.05, 4.69) is 43.6 Å². The minimum atomic E-state index is -0.235. The van der Waals surface area contributed by atoms with E-state index >= 15 is 0 Å². The van der Waals surface area contributed by atoms with Gasteiger partial charge in [0.25, 0.3) is 0 Å². The number of rotatable bonds is 21. The number of carbonyl (C=O) groups excluding carboxylic acids is 2. The Labute approximate surface area is 243 Å². The average Bonchev–Trinajstić information content (AvgIpc) is 3.43. The Kier molecular flexibility index (Phi) is 14.8. The normalized spacial score (nSPS) is 21.2. The third kappa shape index (κ3) is 13.7. The summed E-state index contributed by atoms with van der Waals surface area (Å²) in [5.41, 5.74) is 5.51. The number of carbonyl (C=O) groups is 2. The molecule has 3 amide bonds. The van der Waals surface area contributed by atoms with Gasteiger partial charge in [-0.2, -0.15) is 11.8 Å². The largest absolute Gasteiger partial charge is 0.399 e. The molecule has 0 aromatic carbocycles. The van der Waals surface area contributed by atoms with E-state index in [-0.39, 0.29) is 41.5 Å². The molecule has 13 heteroatoms. The number of aliphatic hydroxyl groups is 1. The third-order valence-corrected chi connectivity index (χ3v) is 8.14. The summed E-state index contributed by atoms with van der Waals surface area (Å²) >= 11 is 1.90. The van der Waals surface area contributed by atoms with E-state index < -0.39 is 0 Å². The summed E-state index contributed by atoms with van der Waals surface area (Å²) in [6, 6.07) is 0.409. The Balaban J connectivity index is 1.45. The number of fused-ring (bicyclic) bond motifs is 1. The summed E-state index contributed by atoms with van der Waals surface area (Å²) in [6.07, 6.45) is 4.83. The lowest BCUT2D eigenvalue weighted by Crippen LogP contribution is -2.36. The van der Waals surface area contributed by atoms with Crippen LogP contribution in [0.15, 0.2) is 11.9 Å². The van der Waals surface area contributed by atoms with Crippen molar-refractivity contribution in [3.05, 3.63) is 11.9 Å². The molecule has 8 N–H and O–H groups in total. The third-order valence-electron chi connectivity index (χ3n) is 6.63. The fraction of sp³-hybridized carbons (Fsp3) is 0.852. The van der Waals surface area contributed by atoms with E-state index in [0.717, 1.165) is 25.0 Å². The Bertz CT molecular complexity index is 814. The molecule has 12 nitrogen and oxygen atoms in total. The molecule has 3 atom stereocenters. The lowest BCUT2D eigenvalue weighted by atomic mass is 9.94. The van der Waals surface area contributed by atoms with Gasteiger partial charge in [-0.05, 0) is 12.8 Å². The number of hydrogen-bond acceptors (Lipinski definition) is 10. The summed E-state index contributed by atoms with van der Waals surface area (Å²) in [5, 5.41) is 19.7. The van der Waals surface area contributed by atoms with Crippen LogP contribution in [0.4, 0.5) is 4.79 Å². The lowest BCUT2D eigenvalue weighted by molar-refractivity contribution is -0.121. The minimum Gasteiger partial charge on any atom is -0.399 e. The van der Waals surface area contributed by atoms with Gasteiger partial charge in [-0.25, -0.2) is 10.6 Å². The number of nitrogens with one attached hydrogen (secondary N) is 3. The van der Waals surface area contributed by atoms with Gasteiger partial charge in [0.15, 0.2) is 0 Å². The van der Waals surface area contributed by atoms with Crippen LogP contribution in [0.2, 0.25) is 0 Å². The van der Waals surface area contributed by atoms with Crippen molar-refractivity contribution in [1.29, 1.82) is 0 Å². The highest BCUT2D eigenvalue weighted by Gasteiger charge is 2.42. The molecule has 2 fully saturated rings. The van der Waals surface area contributed by atoms with E-state index in [4.69, 9.17) is 30.9 Å². The van der Waals surface area contributed by atoms with Crippen LogP contribution >= 0.6 is 11.8 Å². The van der Waals surface area contributed by atoms with E-state index in [9.17, 15) is 9.59 Å². The van der Waals surface area contributed by atoms with Crippen LogP contribution in [0.5, 0.6) is 0 Å². The van der Waals surface area contributed by atoms with E-state index in [1.165, 1.54) is 11.2 Å². The van der Waals surface area contributed by atoms with Crippen molar-refractivity contribution in [2.45, 2.75) is 70.7 Å². The van der Waals surface area contributed by atoms with Gasteiger partial charge >= 0.3 is 6.03 Å². The zero-order chi connectivity index (χ0) is 29.6. The molecule has 0 aromatic rings. The van der Waals surface area contributed by atoms with Crippen molar-refractivity contribution >= 4 is 23.7 Å². The number of urea groups is 1. The number of nitrogens with zero attached hydrogens (tertiary/aromatic N) is 1. The Hall–Kier alpha value is -1.77. The first-order valence-electron chi connectivity index (χ1n) is 14.2. The zero-order valence-corrected chi connectivity index (χ0v) is 25.5. The van der Waals surface area contributed by atoms with Gasteiger partial charge in [0.05, 0.1) is 70.6 Å². The van der Waals surface area contributed by atoms with Crippen molar-refractivity contribution in [1.82, 2.24) is 21.0 Å². The number of unbranched alkanes of at least 4 members (excludes halogenated alkanes) is 1. The van der Waals surface area contributed by atoms with Gasteiger partial charge in [0.2, 0.25) is 5.91 Å². The molecule has 0 bridgehead atoms. The van der Waals surface area contributed by atoms with Crippen molar-refractivity contribution < 1.29 is 28.9 Å². The fourth-order valence-electron chi connectivity index (χ4n) is 4.50. The summed E-state index contributed by atoms with van der Waals surface area (Å²) in [5.74, 6) is 6.79. The van der Waals surface area contributed by atoms with Crippen LogP contribution in [0.25, 0.3) is 0 Å². The molecule has 0 radical (unpaired) electrons. The first kappa shape index (κ1) is 34.4. The van der Waals surface area contributed by atoms with Crippen molar-refractivity contribution in [2.24, 2.45) is 22.4 Å². The number of ether oxygens (including phenoxy) is 3. The van der Waals surface area contributed by atoms with E-state index in [0.29, 0.717) is 70.1 Å². The molecular weight excluding hydrogens is 536 g/mol. The SMILES string of the molecule is CC(C)(COCCNC(=O)CCCCC1SC[C@@H]2NC(=O)N[C@H]12)COCC(C)(C)COCCN(N)/C=C(\N)CO. The van der Waals surface area contributed by atoms with Crippen LogP contribution in [0.1, 0.15) is 53.4 Å². The molecule has 2 aliphatic heterocycles. The number of nitrogens with two attached hydrogens (primary N) is 2. The van der Waals surface area contributed by atoms with Crippen LogP contribution < -0.4 is 27.5 Å². The molecule has 2 heterocycles. The second kappa shape index (κ2) is 17.2. The zero-order valence-electron chi connectivity index (χ0n) is 24.7. The maximum absolute atomic E-state index is 12.1. The maximum atomic E-state index is 12.1. The highest BCUT2D eigenvalue weighted by Crippen LogP contribution is 2.33. The number of hydrogen-bond donors (Lipinski definition) is 6. The molecule has 232 valence electrons. The molecular formula is C27H52N6O6S. The van der Waals surface area contributed by atoms with Gasteiger partial charge in [-0.1, -0.05) is 34.1 Å². The summed E-state index contributed by atoms with van der Waals surface area (Å²) < 4.78 is 17.5. The average molecular weight is 589 g/mol. The van der Waals surface area contributed by atoms with Gasteiger partial charge in [-0.3, -0.25) is 4.79 Å². The Morgan fingerprint density at radius 3 is 2.42 bits per heavy atom. The van der Waals surface area contributed by atoms with Gasteiger partial charge in [-0.15, -0.1) is 0 Å². The van der Waals surface area contributed by atoms with Crippen LogP contribution in [0.3, 0.4) is 0 Å². The summed E-state index contributed by atoms with van der Waals surface area (Å²) in [7, 11) is 0. The smallest absolute Gasteiger partial charge is 0.315 e. The molecule has 2 rings (SSSR count). The molecule has 1 unspecified atom stereocenters. The summed E-state index contributed by atoms with van der Waals surface area (Å²) in [4.78, 5) is 23.6.